The highest BCUT2D eigenvalue weighted by atomic mass is 35.5. The SMILES string of the molecule is Clc1ccc(CC2CCNCC2)cc1.NC1CCSC1. The van der Waals surface area contributed by atoms with Crippen LogP contribution in [0.5, 0.6) is 0 Å². The summed E-state index contributed by atoms with van der Waals surface area (Å²) in [6.45, 7) is 2.36. The maximum atomic E-state index is 5.84. The van der Waals surface area contributed by atoms with Crippen LogP contribution in [0, 0.1) is 5.92 Å². The van der Waals surface area contributed by atoms with Crippen molar-refractivity contribution in [1.82, 2.24) is 5.32 Å². The molecule has 2 aliphatic rings. The number of piperidine rings is 1. The van der Waals surface area contributed by atoms with Gasteiger partial charge in [0.25, 0.3) is 0 Å². The summed E-state index contributed by atoms with van der Waals surface area (Å²) in [6, 6.07) is 8.76. The predicted molar refractivity (Wildman–Crippen MR) is 90.7 cm³/mol. The molecule has 112 valence electrons. The van der Waals surface area contributed by atoms with Crippen LogP contribution in [-0.4, -0.2) is 30.6 Å². The van der Waals surface area contributed by atoms with E-state index in [4.69, 9.17) is 17.3 Å². The smallest absolute Gasteiger partial charge is 0.0406 e. The molecule has 0 radical (unpaired) electrons. The van der Waals surface area contributed by atoms with Gasteiger partial charge in [0.05, 0.1) is 0 Å². The highest BCUT2D eigenvalue weighted by molar-refractivity contribution is 7.99. The first-order valence-electron chi connectivity index (χ1n) is 7.52. The van der Waals surface area contributed by atoms with Gasteiger partial charge in [0, 0.05) is 16.8 Å². The quantitative estimate of drug-likeness (QED) is 0.879. The summed E-state index contributed by atoms with van der Waals surface area (Å²) < 4.78 is 0. The highest BCUT2D eigenvalue weighted by Gasteiger charge is 2.13. The summed E-state index contributed by atoms with van der Waals surface area (Å²) in [6.07, 6.45) is 5.05. The maximum Gasteiger partial charge on any atom is 0.0406 e. The first-order chi connectivity index (χ1) is 9.74. The Balaban J connectivity index is 0.000000205. The molecule has 1 atom stereocenters. The number of nitrogens with two attached hydrogens (primary N) is 1. The fourth-order valence-electron chi connectivity index (χ4n) is 2.59. The van der Waals surface area contributed by atoms with E-state index < -0.39 is 0 Å². The molecule has 2 saturated heterocycles. The molecular weight excluding hydrogens is 288 g/mol. The van der Waals surface area contributed by atoms with Crippen LogP contribution in [0.1, 0.15) is 24.8 Å². The molecule has 1 aromatic carbocycles. The Hall–Kier alpha value is -0.220. The van der Waals surface area contributed by atoms with Gasteiger partial charge in [-0.15, -0.1) is 0 Å². The molecule has 2 aliphatic heterocycles. The summed E-state index contributed by atoms with van der Waals surface area (Å²) >= 11 is 7.80. The van der Waals surface area contributed by atoms with Gasteiger partial charge in [-0.2, -0.15) is 11.8 Å². The van der Waals surface area contributed by atoms with Crippen molar-refractivity contribution in [3.05, 3.63) is 34.9 Å². The van der Waals surface area contributed by atoms with Crippen LogP contribution in [0.4, 0.5) is 0 Å². The van der Waals surface area contributed by atoms with Crippen molar-refractivity contribution in [3.8, 4) is 0 Å². The average Bonchev–Trinajstić information content (AvgIpc) is 2.94. The third kappa shape index (κ3) is 6.04. The Morgan fingerprint density at radius 2 is 1.85 bits per heavy atom. The lowest BCUT2D eigenvalue weighted by atomic mass is 9.91. The maximum absolute atomic E-state index is 5.84. The number of hydrogen-bond acceptors (Lipinski definition) is 3. The Morgan fingerprint density at radius 3 is 2.35 bits per heavy atom. The van der Waals surface area contributed by atoms with Gasteiger partial charge in [0.15, 0.2) is 0 Å². The zero-order valence-corrected chi connectivity index (χ0v) is 13.6. The van der Waals surface area contributed by atoms with Crippen LogP contribution in [0.3, 0.4) is 0 Å². The van der Waals surface area contributed by atoms with Gasteiger partial charge in [-0.3, -0.25) is 0 Å². The Bertz CT molecular complexity index is 371. The molecule has 0 aromatic heterocycles. The largest absolute Gasteiger partial charge is 0.327 e. The zero-order valence-electron chi connectivity index (χ0n) is 12.0. The van der Waals surface area contributed by atoms with Gasteiger partial charge in [-0.25, -0.2) is 0 Å². The zero-order chi connectivity index (χ0) is 14.2. The number of hydrogen-bond donors (Lipinski definition) is 2. The van der Waals surface area contributed by atoms with Crippen LogP contribution in [0.2, 0.25) is 5.02 Å². The third-order valence-electron chi connectivity index (χ3n) is 3.86. The average molecular weight is 313 g/mol. The molecule has 3 rings (SSSR count). The molecule has 0 aliphatic carbocycles. The molecule has 4 heteroatoms. The lowest BCUT2D eigenvalue weighted by Gasteiger charge is -2.22. The van der Waals surface area contributed by atoms with E-state index in [9.17, 15) is 0 Å². The second-order valence-corrected chi connectivity index (χ2v) is 7.23. The molecule has 1 aromatic rings. The van der Waals surface area contributed by atoms with Crippen molar-refractivity contribution in [2.24, 2.45) is 11.7 Å². The van der Waals surface area contributed by atoms with E-state index >= 15 is 0 Å². The van der Waals surface area contributed by atoms with E-state index in [1.165, 1.54) is 55.8 Å². The van der Waals surface area contributed by atoms with E-state index in [1.54, 1.807) is 0 Å². The number of benzene rings is 1. The molecule has 2 fully saturated rings. The van der Waals surface area contributed by atoms with E-state index in [0.717, 1.165) is 10.9 Å². The van der Waals surface area contributed by atoms with Crippen molar-refractivity contribution >= 4 is 23.4 Å². The van der Waals surface area contributed by atoms with Crippen LogP contribution < -0.4 is 11.1 Å². The monoisotopic (exact) mass is 312 g/mol. The van der Waals surface area contributed by atoms with Gasteiger partial charge in [0.1, 0.15) is 0 Å². The fraction of sp³-hybridized carbons (Fsp3) is 0.625. The second kappa shape index (κ2) is 8.93. The van der Waals surface area contributed by atoms with Gasteiger partial charge in [0.2, 0.25) is 0 Å². The van der Waals surface area contributed by atoms with Gasteiger partial charge in [-0.05, 0) is 68.1 Å². The first kappa shape index (κ1) is 16.2. The Kier molecular flexibility index (Phi) is 7.22. The normalized spacial score (nSPS) is 23.2. The summed E-state index contributed by atoms with van der Waals surface area (Å²) in [7, 11) is 0. The minimum absolute atomic E-state index is 0.509. The molecular formula is C16H25ClN2S. The minimum atomic E-state index is 0.509. The van der Waals surface area contributed by atoms with Gasteiger partial charge >= 0.3 is 0 Å². The van der Waals surface area contributed by atoms with Crippen molar-refractivity contribution in [2.75, 3.05) is 24.6 Å². The van der Waals surface area contributed by atoms with Crippen molar-refractivity contribution < 1.29 is 0 Å². The summed E-state index contributed by atoms with van der Waals surface area (Å²) in [5.41, 5.74) is 6.93. The van der Waals surface area contributed by atoms with E-state index in [1.807, 2.05) is 23.9 Å². The van der Waals surface area contributed by atoms with E-state index in [-0.39, 0.29) is 0 Å². The molecule has 3 N–H and O–H groups in total. The van der Waals surface area contributed by atoms with Crippen molar-refractivity contribution in [3.63, 3.8) is 0 Å². The Morgan fingerprint density at radius 1 is 1.15 bits per heavy atom. The summed E-state index contributed by atoms with van der Waals surface area (Å²) in [4.78, 5) is 0. The van der Waals surface area contributed by atoms with Crippen LogP contribution in [0.15, 0.2) is 24.3 Å². The molecule has 0 spiro atoms. The molecule has 1 unspecified atom stereocenters. The van der Waals surface area contributed by atoms with E-state index in [0.29, 0.717) is 6.04 Å². The van der Waals surface area contributed by atoms with Crippen molar-refractivity contribution in [2.45, 2.75) is 31.7 Å². The van der Waals surface area contributed by atoms with Crippen molar-refractivity contribution in [1.29, 1.82) is 0 Å². The standard InChI is InChI=1S/C12H16ClN.C4H9NS/c13-12-3-1-10(2-4-12)9-11-5-7-14-8-6-11;5-4-1-2-6-3-4/h1-4,11,14H,5-9H2;4H,1-3,5H2. The third-order valence-corrected chi connectivity index (χ3v) is 5.30. The van der Waals surface area contributed by atoms with Gasteiger partial charge in [-0.1, -0.05) is 23.7 Å². The molecule has 20 heavy (non-hydrogen) atoms. The minimum Gasteiger partial charge on any atom is -0.327 e. The lowest BCUT2D eigenvalue weighted by Crippen LogP contribution is -2.28. The number of rotatable bonds is 2. The van der Waals surface area contributed by atoms with Gasteiger partial charge < -0.3 is 11.1 Å². The number of thioether (sulfide) groups is 1. The number of nitrogens with one attached hydrogen (secondary N) is 1. The van der Waals surface area contributed by atoms with E-state index in [2.05, 4.69) is 17.4 Å². The predicted octanol–water partition coefficient (Wildman–Crippen LogP) is 3.33. The second-order valence-electron chi connectivity index (χ2n) is 5.65. The molecule has 2 nitrogen and oxygen atoms in total. The highest BCUT2D eigenvalue weighted by Crippen LogP contribution is 2.19. The summed E-state index contributed by atoms with van der Waals surface area (Å²) in [5, 5.41) is 4.22. The molecule has 0 saturated carbocycles. The van der Waals surface area contributed by atoms with Crippen LogP contribution in [0.25, 0.3) is 0 Å². The topological polar surface area (TPSA) is 38.0 Å². The molecule has 2 heterocycles. The molecule has 0 amide bonds. The fourth-order valence-corrected chi connectivity index (χ4v) is 3.82. The van der Waals surface area contributed by atoms with Crippen LogP contribution >= 0.6 is 23.4 Å². The van der Waals surface area contributed by atoms with Crippen LogP contribution in [-0.2, 0) is 6.42 Å². The number of halogens is 1. The Labute approximate surface area is 131 Å². The molecule has 0 bridgehead atoms. The first-order valence-corrected chi connectivity index (χ1v) is 9.06. The lowest BCUT2D eigenvalue weighted by molar-refractivity contribution is 0.372. The summed E-state index contributed by atoms with van der Waals surface area (Å²) in [5.74, 6) is 3.32.